The normalized spacial score (nSPS) is 17.3. The Labute approximate surface area is 126 Å². The molecule has 0 saturated carbocycles. The number of rotatable bonds is 2. The number of nitrogens with one attached hydrogen (secondary N) is 1. The van der Waals surface area contributed by atoms with E-state index >= 15 is 0 Å². The fourth-order valence-corrected chi connectivity index (χ4v) is 2.99. The second-order valence-corrected chi connectivity index (χ2v) is 6.06. The topological polar surface area (TPSA) is 29.1 Å². The molecule has 1 aliphatic rings. The minimum absolute atomic E-state index is 0.122. The lowest BCUT2D eigenvalue weighted by Crippen LogP contribution is -2.17. The van der Waals surface area contributed by atoms with Crippen LogP contribution in [0.4, 0.5) is 0 Å². The zero-order valence-electron chi connectivity index (χ0n) is 10.5. The summed E-state index contributed by atoms with van der Waals surface area (Å²) in [4.78, 5) is 12.1. The summed E-state index contributed by atoms with van der Waals surface area (Å²) < 4.78 is 0.514. The molecule has 0 radical (unpaired) electrons. The number of thioether (sulfide) groups is 1. The summed E-state index contributed by atoms with van der Waals surface area (Å²) in [7, 11) is 0. The molecule has 1 saturated heterocycles. The highest BCUT2D eigenvalue weighted by Crippen LogP contribution is 2.23. The SMILES string of the molecule is O=C1NC(=S)S/C1=C\C=C\c1ccc2ccccc2c1. The molecule has 0 aliphatic carbocycles. The van der Waals surface area contributed by atoms with E-state index in [1.54, 1.807) is 6.08 Å². The minimum atomic E-state index is -0.122. The number of carbonyl (C=O) groups excluding carboxylic acids is 1. The highest BCUT2D eigenvalue weighted by molar-refractivity contribution is 8.26. The number of thiocarbonyl (C=S) groups is 1. The molecular formula is C16H11NOS2. The van der Waals surface area contributed by atoms with E-state index < -0.39 is 0 Å². The van der Waals surface area contributed by atoms with E-state index in [0.29, 0.717) is 9.23 Å². The van der Waals surface area contributed by atoms with Crippen molar-refractivity contribution in [3.63, 3.8) is 0 Å². The molecule has 1 N–H and O–H groups in total. The average molecular weight is 297 g/mol. The summed E-state index contributed by atoms with van der Waals surface area (Å²) >= 11 is 6.23. The molecule has 4 heteroatoms. The Morgan fingerprint density at radius 1 is 1.10 bits per heavy atom. The zero-order chi connectivity index (χ0) is 13.9. The molecule has 2 aromatic carbocycles. The van der Waals surface area contributed by atoms with Crippen molar-refractivity contribution < 1.29 is 4.79 Å². The molecule has 2 nitrogen and oxygen atoms in total. The zero-order valence-corrected chi connectivity index (χ0v) is 12.1. The predicted octanol–water partition coefficient (Wildman–Crippen LogP) is 3.88. The summed E-state index contributed by atoms with van der Waals surface area (Å²) in [5.74, 6) is -0.122. The van der Waals surface area contributed by atoms with Crippen molar-refractivity contribution in [3.8, 4) is 0 Å². The van der Waals surface area contributed by atoms with Gasteiger partial charge in [0, 0.05) is 0 Å². The molecule has 0 bridgehead atoms. The molecule has 20 heavy (non-hydrogen) atoms. The van der Waals surface area contributed by atoms with E-state index in [1.807, 2.05) is 24.3 Å². The summed E-state index contributed by atoms with van der Waals surface area (Å²) in [6, 6.07) is 14.5. The van der Waals surface area contributed by atoms with Gasteiger partial charge < -0.3 is 5.32 Å². The number of hydrogen-bond acceptors (Lipinski definition) is 3. The lowest BCUT2D eigenvalue weighted by Gasteiger charge is -1.98. The number of amides is 1. The maximum atomic E-state index is 11.5. The second kappa shape index (κ2) is 5.61. The maximum Gasteiger partial charge on any atom is 0.263 e. The van der Waals surface area contributed by atoms with Gasteiger partial charge in [-0.2, -0.15) is 0 Å². The minimum Gasteiger partial charge on any atom is -0.307 e. The molecule has 1 fully saturated rings. The molecule has 2 aromatic rings. The monoisotopic (exact) mass is 297 g/mol. The number of hydrogen-bond donors (Lipinski definition) is 1. The third kappa shape index (κ3) is 2.81. The number of fused-ring (bicyclic) bond motifs is 1. The van der Waals surface area contributed by atoms with Crippen molar-refractivity contribution >= 4 is 51.1 Å². The fourth-order valence-electron chi connectivity index (χ4n) is 1.99. The standard InChI is InChI=1S/C16H11NOS2/c18-15-14(20-16(19)17-15)7-3-4-11-8-9-12-5-1-2-6-13(12)10-11/h1-10H,(H,17,18,19)/b4-3+,14-7-. The van der Waals surface area contributed by atoms with Gasteiger partial charge in [-0.3, -0.25) is 4.79 Å². The van der Waals surface area contributed by atoms with Crippen LogP contribution in [0.15, 0.2) is 59.5 Å². The third-order valence-electron chi connectivity index (χ3n) is 2.95. The van der Waals surface area contributed by atoms with Crippen LogP contribution < -0.4 is 5.32 Å². The smallest absolute Gasteiger partial charge is 0.263 e. The molecule has 0 aromatic heterocycles. The quantitative estimate of drug-likeness (QED) is 0.673. The van der Waals surface area contributed by atoms with Gasteiger partial charge in [0.25, 0.3) is 5.91 Å². The van der Waals surface area contributed by atoms with E-state index in [4.69, 9.17) is 12.2 Å². The van der Waals surface area contributed by atoms with Crippen LogP contribution in [0.25, 0.3) is 16.8 Å². The first-order valence-corrected chi connectivity index (χ1v) is 7.35. The van der Waals surface area contributed by atoms with Crippen LogP contribution in [0.3, 0.4) is 0 Å². The van der Waals surface area contributed by atoms with E-state index in [-0.39, 0.29) is 5.91 Å². The van der Waals surface area contributed by atoms with E-state index in [1.165, 1.54) is 22.5 Å². The van der Waals surface area contributed by atoms with Crippen molar-refractivity contribution in [2.24, 2.45) is 0 Å². The van der Waals surface area contributed by atoms with Crippen LogP contribution >= 0.6 is 24.0 Å². The number of benzene rings is 2. The maximum absolute atomic E-state index is 11.5. The largest absolute Gasteiger partial charge is 0.307 e. The number of carbonyl (C=O) groups is 1. The first-order chi connectivity index (χ1) is 9.72. The van der Waals surface area contributed by atoms with Crippen molar-refractivity contribution in [2.45, 2.75) is 0 Å². The highest BCUT2D eigenvalue weighted by Gasteiger charge is 2.20. The summed E-state index contributed by atoms with van der Waals surface area (Å²) in [5.41, 5.74) is 1.10. The van der Waals surface area contributed by atoms with Gasteiger partial charge in [0.1, 0.15) is 4.32 Å². The van der Waals surface area contributed by atoms with Gasteiger partial charge in [0.15, 0.2) is 0 Å². The second-order valence-electron chi connectivity index (χ2n) is 4.34. The first-order valence-electron chi connectivity index (χ1n) is 6.13. The van der Waals surface area contributed by atoms with Crippen LogP contribution in [-0.4, -0.2) is 10.2 Å². The molecule has 0 atom stereocenters. The molecule has 98 valence electrons. The average Bonchev–Trinajstić information content (AvgIpc) is 2.77. The summed E-state index contributed by atoms with van der Waals surface area (Å²) in [6.07, 6.45) is 5.64. The van der Waals surface area contributed by atoms with Crippen LogP contribution in [0, 0.1) is 0 Å². The van der Waals surface area contributed by atoms with Gasteiger partial charge in [0.05, 0.1) is 4.91 Å². The Bertz CT molecular complexity index is 762. The van der Waals surface area contributed by atoms with Crippen molar-refractivity contribution in [2.75, 3.05) is 0 Å². The van der Waals surface area contributed by atoms with Crippen LogP contribution in [0.2, 0.25) is 0 Å². The molecule has 3 rings (SSSR count). The molecular weight excluding hydrogens is 286 g/mol. The Hall–Kier alpha value is -1.91. The van der Waals surface area contributed by atoms with E-state index in [0.717, 1.165) is 5.56 Å². The molecule has 1 amide bonds. The van der Waals surface area contributed by atoms with Crippen LogP contribution in [0.1, 0.15) is 5.56 Å². The van der Waals surface area contributed by atoms with Gasteiger partial charge in [-0.25, -0.2) is 0 Å². The van der Waals surface area contributed by atoms with Crippen LogP contribution in [-0.2, 0) is 4.79 Å². The van der Waals surface area contributed by atoms with Gasteiger partial charge in [-0.05, 0) is 28.5 Å². The van der Waals surface area contributed by atoms with Gasteiger partial charge >= 0.3 is 0 Å². The highest BCUT2D eigenvalue weighted by atomic mass is 32.2. The fraction of sp³-hybridized carbons (Fsp3) is 0. The van der Waals surface area contributed by atoms with Gasteiger partial charge in [0.2, 0.25) is 0 Å². The Morgan fingerprint density at radius 3 is 2.65 bits per heavy atom. The Morgan fingerprint density at radius 2 is 1.90 bits per heavy atom. The predicted molar refractivity (Wildman–Crippen MR) is 89.4 cm³/mol. The van der Waals surface area contributed by atoms with E-state index in [2.05, 4.69) is 35.6 Å². The lowest BCUT2D eigenvalue weighted by molar-refractivity contribution is -0.115. The summed E-state index contributed by atoms with van der Waals surface area (Å²) in [6.45, 7) is 0. The molecule has 1 heterocycles. The Kier molecular flexibility index (Phi) is 3.67. The lowest BCUT2D eigenvalue weighted by atomic mass is 10.1. The molecule has 0 spiro atoms. The van der Waals surface area contributed by atoms with Gasteiger partial charge in [-0.15, -0.1) is 0 Å². The first kappa shape index (κ1) is 13.1. The van der Waals surface area contributed by atoms with Gasteiger partial charge in [-0.1, -0.05) is 72.5 Å². The number of allylic oxidation sites excluding steroid dienone is 2. The third-order valence-corrected chi connectivity index (χ3v) is 4.13. The summed E-state index contributed by atoms with van der Waals surface area (Å²) in [5, 5.41) is 5.02. The van der Waals surface area contributed by atoms with Crippen molar-refractivity contribution in [3.05, 3.63) is 65.1 Å². The molecule has 0 unspecified atom stereocenters. The molecule has 1 aliphatic heterocycles. The van der Waals surface area contributed by atoms with E-state index in [9.17, 15) is 4.79 Å². The Balaban J connectivity index is 1.82. The van der Waals surface area contributed by atoms with Crippen molar-refractivity contribution in [1.82, 2.24) is 5.32 Å². The van der Waals surface area contributed by atoms with Crippen LogP contribution in [0.5, 0.6) is 0 Å². The van der Waals surface area contributed by atoms with Crippen molar-refractivity contribution in [1.29, 1.82) is 0 Å².